The predicted molar refractivity (Wildman–Crippen MR) is 87.7 cm³/mol. The van der Waals surface area contributed by atoms with Crippen molar-refractivity contribution in [2.75, 3.05) is 19.7 Å². The standard InChI is InChI=1S/C17H22N4O3/c1-12-6-2-3-8-14(12)23-11-5-10-21-9-4-7-13(21)17-19-16(15(18)22)20-24-17/h2-3,6,8,13H,4-5,7,9-11H2,1H3,(H2,18,22). The number of nitrogens with two attached hydrogens (primary N) is 1. The molecule has 1 aromatic heterocycles. The van der Waals surface area contributed by atoms with Crippen LogP contribution in [-0.4, -0.2) is 40.6 Å². The summed E-state index contributed by atoms with van der Waals surface area (Å²) in [7, 11) is 0. The molecule has 2 heterocycles. The third-order valence-corrected chi connectivity index (χ3v) is 4.25. The van der Waals surface area contributed by atoms with Crippen molar-refractivity contribution in [1.82, 2.24) is 15.0 Å². The smallest absolute Gasteiger partial charge is 0.290 e. The van der Waals surface area contributed by atoms with Gasteiger partial charge in [-0.1, -0.05) is 23.4 Å². The highest BCUT2D eigenvalue weighted by molar-refractivity contribution is 5.88. The van der Waals surface area contributed by atoms with E-state index in [1.54, 1.807) is 0 Å². The zero-order valence-electron chi connectivity index (χ0n) is 13.8. The highest BCUT2D eigenvalue weighted by Gasteiger charge is 2.30. The number of amides is 1. The van der Waals surface area contributed by atoms with Gasteiger partial charge in [0.2, 0.25) is 5.89 Å². The van der Waals surface area contributed by atoms with Gasteiger partial charge in [0.05, 0.1) is 12.6 Å². The van der Waals surface area contributed by atoms with Gasteiger partial charge in [0, 0.05) is 6.54 Å². The number of ether oxygens (including phenoxy) is 1. The average Bonchev–Trinajstić information content (AvgIpc) is 3.22. The van der Waals surface area contributed by atoms with Crippen LogP contribution in [0.5, 0.6) is 5.75 Å². The van der Waals surface area contributed by atoms with E-state index in [4.69, 9.17) is 15.0 Å². The molecule has 2 N–H and O–H groups in total. The number of carbonyl (C=O) groups is 1. The molecule has 0 spiro atoms. The van der Waals surface area contributed by atoms with Gasteiger partial charge in [0.25, 0.3) is 11.7 Å². The van der Waals surface area contributed by atoms with Crippen LogP contribution in [0.25, 0.3) is 0 Å². The molecule has 0 saturated carbocycles. The SMILES string of the molecule is Cc1ccccc1OCCCN1CCCC1c1nc(C(N)=O)no1. The second-order valence-corrected chi connectivity index (χ2v) is 5.98. The maximum Gasteiger partial charge on any atom is 0.290 e. The first kappa shape index (κ1) is 16.4. The molecule has 7 nitrogen and oxygen atoms in total. The van der Waals surface area contributed by atoms with Gasteiger partial charge in [-0.15, -0.1) is 0 Å². The van der Waals surface area contributed by atoms with Crippen LogP contribution in [0.2, 0.25) is 0 Å². The van der Waals surface area contributed by atoms with Crippen molar-refractivity contribution in [2.24, 2.45) is 5.73 Å². The summed E-state index contributed by atoms with van der Waals surface area (Å²) in [5, 5.41) is 3.63. The number of hydrogen-bond acceptors (Lipinski definition) is 6. The van der Waals surface area contributed by atoms with Gasteiger partial charge in [0.15, 0.2) is 0 Å². The maximum atomic E-state index is 11.1. The molecule has 0 radical (unpaired) electrons. The lowest BCUT2D eigenvalue weighted by atomic mass is 10.2. The zero-order valence-corrected chi connectivity index (χ0v) is 13.8. The highest BCUT2D eigenvalue weighted by atomic mass is 16.5. The van der Waals surface area contributed by atoms with E-state index in [0.29, 0.717) is 12.5 Å². The number of hydrogen-bond donors (Lipinski definition) is 1. The Bertz CT molecular complexity index is 701. The van der Waals surface area contributed by atoms with E-state index in [1.165, 1.54) is 0 Å². The van der Waals surface area contributed by atoms with Crippen LogP contribution in [0, 0.1) is 6.92 Å². The minimum atomic E-state index is -0.666. The molecule has 1 saturated heterocycles. The molecular weight excluding hydrogens is 308 g/mol. The Hall–Kier alpha value is -2.41. The van der Waals surface area contributed by atoms with Crippen molar-refractivity contribution in [3.8, 4) is 5.75 Å². The molecule has 24 heavy (non-hydrogen) atoms. The number of rotatable bonds is 7. The Balaban J connectivity index is 1.51. The Labute approximate surface area is 140 Å². The molecule has 1 aromatic carbocycles. The summed E-state index contributed by atoms with van der Waals surface area (Å²) < 4.78 is 11.0. The number of primary amides is 1. The number of nitrogens with zero attached hydrogens (tertiary/aromatic N) is 3. The largest absolute Gasteiger partial charge is 0.493 e. The van der Waals surface area contributed by atoms with Gasteiger partial charge < -0.3 is 15.0 Å². The van der Waals surface area contributed by atoms with Gasteiger partial charge >= 0.3 is 0 Å². The number of para-hydroxylation sites is 1. The van der Waals surface area contributed by atoms with E-state index < -0.39 is 5.91 Å². The number of aromatic nitrogens is 2. The average molecular weight is 330 g/mol. The molecule has 128 valence electrons. The minimum absolute atomic E-state index is 0.0558. The molecule has 1 aliphatic heterocycles. The molecule has 0 bridgehead atoms. The second kappa shape index (κ2) is 7.44. The Morgan fingerprint density at radius 1 is 1.46 bits per heavy atom. The van der Waals surface area contributed by atoms with E-state index in [1.807, 2.05) is 31.2 Å². The summed E-state index contributed by atoms with van der Waals surface area (Å²) in [4.78, 5) is 17.5. The van der Waals surface area contributed by atoms with Crippen LogP contribution in [-0.2, 0) is 0 Å². The van der Waals surface area contributed by atoms with Gasteiger partial charge in [-0.2, -0.15) is 4.98 Å². The van der Waals surface area contributed by atoms with Gasteiger partial charge in [-0.3, -0.25) is 9.69 Å². The van der Waals surface area contributed by atoms with Crippen LogP contribution < -0.4 is 10.5 Å². The molecule has 1 atom stereocenters. The van der Waals surface area contributed by atoms with E-state index in [9.17, 15) is 4.79 Å². The van der Waals surface area contributed by atoms with Crippen molar-refractivity contribution < 1.29 is 14.1 Å². The molecule has 1 unspecified atom stereocenters. The first-order chi connectivity index (χ1) is 11.6. The van der Waals surface area contributed by atoms with Crippen LogP contribution >= 0.6 is 0 Å². The monoisotopic (exact) mass is 330 g/mol. The van der Waals surface area contributed by atoms with Gasteiger partial charge in [0.1, 0.15) is 5.75 Å². The lowest BCUT2D eigenvalue weighted by molar-refractivity contribution is 0.0987. The van der Waals surface area contributed by atoms with E-state index in [0.717, 1.165) is 43.7 Å². The highest BCUT2D eigenvalue weighted by Crippen LogP contribution is 2.30. The molecule has 3 rings (SSSR count). The van der Waals surface area contributed by atoms with Gasteiger partial charge in [-0.25, -0.2) is 0 Å². The fourth-order valence-electron chi connectivity index (χ4n) is 3.01. The minimum Gasteiger partial charge on any atom is -0.493 e. The summed E-state index contributed by atoms with van der Waals surface area (Å²) in [6.45, 7) is 4.55. The number of likely N-dealkylation sites (tertiary alicyclic amines) is 1. The quantitative estimate of drug-likeness (QED) is 0.781. The Morgan fingerprint density at radius 3 is 3.04 bits per heavy atom. The molecule has 1 fully saturated rings. The van der Waals surface area contributed by atoms with Crippen molar-refractivity contribution in [2.45, 2.75) is 32.2 Å². The van der Waals surface area contributed by atoms with Crippen molar-refractivity contribution >= 4 is 5.91 Å². The molecule has 1 amide bonds. The number of aryl methyl sites for hydroxylation is 1. The fourth-order valence-corrected chi connectivity index (χ4v) is 3.01. The molecule has 1 aliphatic rings. The lowest BCUT2D eigenvalue weighted by Crippen LogP contribution is -2.26. The number of benzene rings is 1. The predicted octanol–water partition coefficient (Wildman–Crippen LogP) is 2.08. The molecule has 7 heteroatoms. The zero-order chi connectivity index (χ0) is 16.9. The van der Waals surface area contributed by atoms with Crippen molar-refractivity contribution in [1.29, 1.82) is 0 Å². The first-order valence-corrected chi connectivity index (χ1v) is 8.21. The van der Waals surface area contributed by atoms with E-state index in [-0.39, 0.29) is 11.9 Å². The van der Waals surface area contributed by atoms with E-state index >= 15 is 0 Å². The Morgan fingerprint density at radius 2 is 2.29 bits per heavy atom. The first-order valence-electron chi connectivity index (χ1n) is 8.21. The summed E-state index contributed by atoms with van der Waals surface area (Å²) in [5.41, 5.74) is 6.31. The van der Waals surface area contributed by atoms with Crippen molar-refractivity contribution in [3.63, 3.8) is 0 Å². The summed E-state index contributed by atoms with van der Waals surface area (Å²) in [5.74, 6) is 0.681. The number of carbonyl (C=O) groups excluding carboxylic acids is 1. The summed E-state index contributed by atoms with van der Waals surface area (Å²) >= 11 is 0. The third-order valence-electron chi connectivity index (χ3n) is 4.25. The topological polar surface area (TPSA) is 94.5 Å². The third kappa shape index (κ3) is 3.73. The summed E-state index contributed by atoms with van der Waals surface area (Å²) in [6, 6.07) is 8.06. The molecule has 2 aromatic rings. The molecular formula is C17H22N4O3. The van der Waals surface area contributed by atoms with Crippen LogP contribution in [0.1, 0.15) is 47.4 Å². The van der Waals surface area contributed by atoms with E-state index in [2.05, 4.69) is 15.0 Å². The lowest BCUT2D eigenvalue weighted by Gasteiger charge is -2.21. The molecule has 0 aliphatic carbocycles. The maximum absolute atomic E-state index is 11.1. The van der Waals surface area contributed by atoms with Crippen molar-refractivity contribution in [3.05, 3.63) is 41.5 Å². The van der Waals surface area contributed by atoms with Crippen LogP contribution in [0.15, 0.2) is 28.8 Å². The second-order valence-electron chi connectivity index (χ2n) is 5.98. The normalized spacial score (nSPS) is 18.0. The van der Waals surface area contributed by atoms with Crippen LogP contribution in [0.4, 0.5) is 0 Å². The Kier molecular flexibility index (Phi) is 5.10. The van der Waals surface area contributed by atoms with Gasteiger partial charge in [-0.05, 0) is 44.4 Å². The summed E-state index contributed by atoms with van der Waals surface area (Å²) in [6.07, 6.45) is 2.91. The fraction of sp³-hybridized carbons (Fsp3) is 0.471. The van der Waals surface area contributed by atoms with Crippen LogP contribution in [0.3, 0.4) is 0 Å².